The summed E-state index contributed by atoms with van der Waals surface area (Å²) in [5.41, 5.74) is 0. The Hall–Kier alpha value is -1.39. The fourth-order valence-electron chi connectivity index (χ4n) is 2.94. The van der Waals surface area contributed by atoms with E-state index in [1.807, 2.05) is 13.8 Å². The normalized spacial score (nSPS) is 23.1. The lowest BCUT2D eigenvalue weighted by molar-refractivity contribution is -0.141. The lowest BCUT2D eigenvalue weighted by atomic mass is 9.78. The molecule has 1 unspecified atom stereocenters. The molecule has 2 N–H and O–H groups in total. The van der Waals surface area contributed by atoms with Crippen molar-refractivity contribution in [1.82, 2.24) is 5.32 Å². The van der Waals surface area contributed by atoms with Crippen molar-refractivity contribution in [2.24, 2.45) is 23.7 Å². The second-order valence-electron chi connectivity index (χ2n) is 6.86. The quantitative estimate of drug-likeness (QED) is 0.722. The molecule has 1 saturated carbocycles. The van der Waals surface area contributed by atoms with Gasteiger partial charge in [-0.05, 0) is 38.0 Å². The van der Waals surface area contributed by atoms with E-state index in [2.05, 4.69) is 5.32 Å². The Morgan fingerprint density at radius 1 is 1.09 bits per heavy atom. The molecule has 0 radical (unpaired) electrons. The zero-order valence-corrected chi connectivity index (χ0v) is 13.9. The maximum absolute atomic E-state index is 12.0. The number of hydrogen-bond donors (Lipinski definition) is 2. The summed E-state index contributed by atoms with van der Waals surface area (Å²) in [6.45, 7) is 6.16. The molecule has 1 atom stereocenters. The molecule has 0 aromatic carbocycles. The summed E-state index contributed by atoms with van der Waals surface area (Å²) in [6, 6.07) is 0. The Bertz CT molecular complexity index is 397. The van der Waals surface area contributed by atoms with Crippen molar-refractivity contribution in [3.8, 4) is 0 Å². The molecule has 22 heavy (non-hydrogen) atoms. The third-order valence-electron chi connectivity index (χ3n) is 4.63. The van der Waals surface area contributed by atoms with Crippen molar-refractivity contribution in [1.29, 1.82) is 0 Å². The highest BCUT2D eigenvalue weighted by atomic mass is 16.4. The first-order valence-electron chi connectivity index (χ1n) is 8.34. The molecule has 1 rings (SSSR count). The summed E-state index contributed by atoms with van der Waals surface area (Å²) < 4.78 is 0. The highest BCUT2D eigenvalue weighted by molar-refractivity contribution is 5.82. The van der Waals surface area contributed by atoms with Gasteiger partial charge in [-0.2, -0.15) is 0 Å². The van der Waals surface area contributed by atoms with Crippen LogP contribution in [-0.2, 0) is 14.4 Å². The van der Waals surface area contributed by atoms with E-state index < -0.39 is 11.9 Å². The predicted molar refractivity (Wildman–Crippen MR) is 84.3 cm³/mol. The molecule has 1 aliphatic carbocycles. The number of aliphatic carboxylic acids is 1. The Balaban J connectivity index is 2.20. The minimum absolute atomic E-state index is 0.0755. The summed E-state index contributed by atoms with van der Waals surface area (Å²) in [6.07, 6.45) is 4.44. The number of amides is 1. The Morgan fingerprint density at radius 2 is 1.68 bits per heavy atom. The van der Waals surface area contributed by atoms with E-state index in [9.17, 15) is 14.4 Å². The summed E-state index contributed by atoms with van der Waals surface area (Å²) in [5.74, 6) is -0.305. The molecule has 0 aromatic heterocycles. The van der Waals surface area contributed by atoms with Gasteiger partial charge in [0.15, 0.2) is 0 Å². The number of carbonyl (C=O) groups excluding carboxylic acids is 2. The van der Waals surface area contributed by atoms with Gasteiger partial charge in [0, 0.05) is 24.8 Å². The molecule has 0 spiro atoms. The Morgan fingerprint density at radius 3 is 2.18 bits per heavy atom. The molecule has 1 fully saturated rings. The monoisotopic (exact) mass is 311 g/mol. The van der Waals surface area contributed by atoms with Crippen molar-refractivity contribution in [3.63, 3.8) is 0 Å². The van der Waals surface area contributed by atoms with Crippen molar-refractivity contribution in [3.05, 3.63) is 0 Å². The maximum atomic E-state index is 12.0. The molecule has 0 aromatic rings. The van der Waals surface area contributed by atoms with Crippen molar-refractivity contribution < 1.29 is 19.5 Å². The number of hydrogen-bond acceptors (Lipinski definition) is 3. The number of ketones is 1. The van der Waals surface area contributed by atoms with Gasteiger partial charge in [-0.3, -0.25) is 14.4 Å². The van der Waals surface area contributed by atoms with Crippen LogP contribution in [0, 0.1) is 23.7 Å². The van der Waals surface area contributed by atoms with E-state index in [1.165, 1.54) is 0 Å². The molecule has 0 bridgehead atoms. The van der Waals surface area contributed by atoms with Gasteiger partial charge < -0.3 is 10.4 Å². The van der Waals surface area contributed by atoms with Gasteiger partial charge in [0.1, 0.15) is 5.78 Å². The lowest BCUT2D eigenvalue weighted by Crippen LogP contribution is -2.33. The molecule has 0 heterocycles. The first-order valence-corrected chi connectivity index (χ1v) is 8.34. The number of carboxylic acids is 1. The summed E-state index contributed by atoms with van der Waals surface area (Å²) >= 11 is 0. The van der Waals surface area contributed by atoms with Gasteiger partial charge in [0.25, 0.3) is 0 Å². The van der Waals surface area contributed by atoms with Crippen LogP contribution in [-0.4, -0.2) is 29.3 Å². The fraction of sp³-hybridized carbons (Fsp3) is 0.824. The topological polar surface area (TPSA) is 83.5 Å². The predicted octanol–water partition coefficient (Wildman–Crippen LogP) is 2.63. The molecule has 5 nitrogen and oxygen atoms in total. The molecule has 0 aliphatic heterocycles. The summed E-state index contributed by atoms with van der Waals surface area (Å²) in [4.78, 5) is 34.4. The Labute approximate surface area is 132 Å². The average molecular weight is 311 g/mol. The second-order valence-corrected chi connectivity index (χ2v) is 6.86. The molecule has 0 saturated heterocycles. The van der Waals surface area contributed by atoms with Crippen LogP contribution in [0.2, 0.25) is 0 Å². The van der Waals surface area contributed by atoms with E-state index in [-0.39, 0.29) is 24.2 Å². The first-order chi connectivity index (χ1) is 10.3. The van der Waals surface area contributed by atoms with Gasteiger partial charge in [-0.25, -0.2) is 0 Å². The van der Waals surface area contributed by atoms with E-state index in [1.54, 1.807) is 6.92 Å². The smallest absolute Gasteiger partial charge is 0.306 e. The van der Waals surface area contributed by atoms with Crippen LogP contribution in [0.3, 0.4) is 0 Å². The summed E-state index contributed by atoms with van der Waals surface area (Å²) in [7, 11) is 0. The van der Waals surface area contributed by atoms with Gasteiger partial charge >= 0.3 is 5.97 Å². The highest BCUT2D eigenvalue weighted by Crippen LogP contribution is 2.30. The van der Waals surface area contributed by atoms with Gasteiger partial charge in [0.05, 0.1) is 5.92 Å². The van der Waals surface area contributed by atoms with Gasteiger partial charge in [-0.1, -0.05) is 20.8 Å². The average Bonchev–Trinajstić information content (AvgIpc) is 2.50. The number of carbonyl (C=O) groups is 3. The zero-order chi connectivity index (χ0) is 16.7. The van der Waals surface area contributed by atoms with Gasteiger partial charge in [-0.15, -0.1) is 0 Å². The van der Waals surface area contributed by atoms with E-state index >= 15 is 0 Å². The van der Waals surface area contributed by atoms with E-state index in [4.69, 9.17) is 5.11 Å². The summed E-state index contributed by atoms with van der Waals surface area (Å²) in [5, 5.41) is 11.7. The van der Waals surface area contributed by atoms with Crippen LogP contribution in [0.25, 0.3) is 0 Å². The third-order valence-corrected chi connectivity index (χ3v) is 4.63. The minimum atomic E-state index is -0.860. The van der Waals surface area contributed by atoms with Crippen LogP contribution in [0.4, 0.5) is 0 Å². The van der Waals surface area contributed by atoms with Crippen LogP contribution < -0.4 is 5.32 Å². The van der Waals surface area contributed by atoms with Crippen molar-refractivity contribution >= 4 is 17.7 Å². The third kappa shape index (κ3) is 6.16. The molecule has 1 aliphatic rings. The molecule has 5 heteroatoms. The fourth-order valence-corrected chi connectivity index (χ4v) is 2.94. The van der Waals surface area contributed by atoms with Crippen LogP contribution >= 0.6 is 0 Å². The molecule has 1 amide bonds. The van der Waals surface area contributed by atoms with E-state index in [0.717, 1.165) is 25.7 Å². The van der Waals surface area contributed by atoms with Crippen molar-refractivity contribution in [2.45, 2.75) is 59.3 Å². The number of rotatable bonds is 8. The Kier molecular flexibility index (Phi) is 7.56. The zero-order valence-electron chi connectivity index (χ0n) is 13.9. The number of nitrogens with one attached hydrogen (secondary N) is 1. The maximum Gasteiger partial charge on any atom is 0.306 e. The standard InChI is InChI=1S/C17H29NO4/c1-11(2)16(20)14-7-5-13(6-8-14)10-18-15(19)9-4-12(3)17(21)22/h11-14H,4-10H2,1-3H3,(H,18,19)(H,21,22). The molecule has 126 valence electrons. The SMILES string of the molecule is CC(C)C(=O)C1CCC(CNC(=O)CCC(C)C(=O)O)CC1. The van der Waals surface area contributed by atoms with Gasteiger partial charge in [0.2, 0.25) is 5.91 Å². The second kappa shape index (κ2) is 8.91. The largest absolute Gasteiger partial charge is 0.481 e. The van der Waals surface area contributed by atoms with Crippen LogP contribution in [0.15, 0.2) is 0 Å². The molecular weight excluding hydrogens is 282 g/mol. The van der Waals surface area contributed by atoms with E-state index in [0.29, 0.717) is 24.7 Å². The minimum Gasteiger partial charge on any atom is -0.481 e. The van der Waals surface area contributed by atoms with Crippen LogP contribution in [0.5, 0.6) is 0 Å². The highest BCUT2D eigenvalue weighted by Gasteiger charge is 2.27. The molecular formula is C17H29NO4. The first kappa shape index (κ1) is 18.7. The number of Topliss-reactive ketones (excluding diaryl/α,β-unsaturated/α-hetero) is 1. The van der Waals surface area contributed by atoms with Crippen LogP contribution in [0.1, 0.15) is 59.3 Å². The number of carboxylic acid groups (broad SMARTS) is 1. The van der Waals surface area contributed by atoms with Crippen molar-refractivity contribution in [2.75, 3.05) is 6.54 Å². The lowest BCUT2D eigenvalue weighted by Gasteiger charge is -2.28.